The lowest BCUT2D eigenvalue weighted by Gasteiger charge is -2.16. The summed E-state index contributed by atoms with van der Waals surface area (Å²) in [5, 5.41) is 4.28. The highest BCUT2D eigenvalue weighted by atomic mass is 35.5. The normalized spacial score (nSPS) is 13.0. The number of hydrogen-bond donors (Lipinski definition) is 2. The molecule has 0 bridgehead atoms. The Bertz CT molecular complexity index is 518. The molecule has 116 valence electrons. The van der Waals surface area contributed by atoms with Crippen LogP contribution in [0, 0.1) is 0 Å². The van der Waals surface area contributed by atoms with Crippen molar-refractivity contribution in [3.63, 3.8) is 0 Å². The molecular weight excluding hydrogens is 309 g/mol. The second-order valence-corrected chi connectivity index (χ2v) is 5.65. The Morgan fingerprint density at radius 3 is 2.81 bits per heavy atom. The van der Waals surface area contributed by atoms with Crippen LogP contribution in [0.2, 0.25) is 10.0 Å². The van der Waals surface area contributed by atoms with Gasteiger partial charge in [-0.1, -0.05) is 41.4 Å². The monoisotopic (exact) mass is 329 g/mol. The van der Waals surface area contributed by atoms with Gasteiger partial charge in [-0.25, -0.2) is 0 Å². The number of guanidine groups is 1. The van der Waals surface area contributed by atoms with E-state index in [1.807, 2.05) is 19.9 Å². The number of ether oxygens (including phenoxy) is 1. The molecule has 0 saturated heterocycles. The van der Waals surface area contributed by atoms with Crippen LogP contribution in [0.1, 0.15) is 25.5 Å². The van der Waals surface area contributed by atoms with Crippen molar-refractivity contribution in [2.24, 2.45) is 10.7 Å². The summed E-state index contributed by atoms with van der Waals surface area (Å²) in [5.41, 5.74) is 7.73. The Kier molecular flexibility index (Phi) is 7.57. The second kappa shape index (κ2) is 8.93. The van der Waals surface area contributed by atoms with Gasteiger partial charge in [0.2, 0.25) is 0 Å². The Labute approximate surface area is 136 Å². The molecule has 1 atom stereocenters. The van der Waals surface area contributed by atoms with E-state index in [1.54, 1.807) is 12.1 Å². The molecule has 0 aliphatic rings. The van der Waals surface area contributed by atoms with Crippen LogP contribution in [-0.4, -0.2) is 25.7 Å². The standard InChI is InChI=1S/C15H21Cl2N3O/c1-10(2)9-21-7-6-19-15(18)20-11(3)13-5-4-12(16)8-14(13)17/h4-5,8,11H,1,6-7,9H2,2-3H3,(H3,18,19,20). The highest BCUT2D eigenvalue weighted by molar-refractivity contribution is 6.35. The zero-order chi connectivity index (χ0) is 15.8. The van der Waals surface area contributed by atoms with Gasteiger partial charge >= 0.3 is 0 Å². The number of nitrogens with two attached hydrogens (primary N) is 1. The smallest absolute Gasteiger partial charge is 0.189 e. The second-order valence-electron chi connectivity index (χ2n) is 4.81. The van der Waals surface area contributed by atoms with E-state index in [1.165, 1.54) is 0 Å². The highest BCUT2D eigenvalue weighted by Gasteiger charge is 2.10. The maximum Gasteiger partial charge on any atom is 0.189 e. The van der Waals surface area contributed by atoms with Crippen molar-refractivity contribution in [1.82, 2.24) is 5.32 Å². The lowest BCUT2D eigenvalue weighted by Crippen LogP contribution is -2.34. The Morgan fingerprint density at radius 2 is 2.19 bits per heavy atom. The largest absolute Gasteiger partial charge is 0.375 e. The van der Waals surface area contributed by atoms with Crippen molar-refractivity contribution in [3.8, 4) is 0 Å². The molecule has 0 amide bonds. The minimum atomic E-state index is -0.0603. The van der Waals surface area contributed by atoms with Gasteiger partial charge in [0.05, 0.1) is 25.8 Å². The fraction of sp³-hybridized carbons (Fsp3) is 0.400. The molecule has 0 fully saturated rings. The molecule has 0 radical (unpaired) electrons. The van der Waals surface area contributed by atoms with Gasteiger partial charge < -0.3 is 15.8 Å². The van der Waals surface area contributed by atoms with Gasteiger partial charge in [-0.15, -0.1) is 0 Å². The SMILES string of the molecule is C=C(C)COCCN=C(N)NC(C)c1ccc(Cl)cc1Cl. The van der Waals surface area contributed by atoms with Crippen molar-refractivity contribution < 1.29 is 4.74 Å². The third kappa shape index (κ3) is 6.85. The first-order valence-corrected chi connectivity index (χ1v) is 7.39. The molecule has 1 rings (SSSR count). The number of hydrogen-bond acceptors (Lipinski definition) is 2. The third-order valence-electron chi connectivity index (χ3n) is 2.66. The molecule has 0 heterocycles. The Hall–Kier alpha value is -1.23. The Morgan fingerprint density at radius 1 is 1.48 bits per heavy atom. The molecule has 0 aliphatic heterocycles. The number of aliphatic imine (C=N–C) groups is 1. The fourth-order valence-corrected chi connectivity index (χ4v) is 2.25. The summed E-state index contributed by atoms with van der Waals surface area (Å²) >= 11 is 12.0. The maximum absolute atomic E-state index is 6.15. The molecular formula is C15H21Cl2N3O. The first-order chi connectivity index (χ1) is 9.90. The molecule has 3 N–H and O–H groups in total. The number of nitrogens with zero attached hydrogens (tertiary/aromatic N) is 1. The molecule has 1 aromatic carbocycles. The van der Waals surface area contributed by atoms with Crippen LogP contribution in [0.5, 0.6) is 0 Å². The molecule has 21 heavy (non-hydrogen) atoms. The molecule has 0 spiro atoms. The van der Waals surface area contributed by atoms with Gasteiger partial charge in [0.15, 0.2) is 5.96 Å². The van der Waals surface area contributed by atoms with E-state index in [0.29, 0.717) is 35.8 Å². The third-order valence-corrected chi connectivity index (χ3v) is 3.22. The van der Waals surface area contributed by atoms with Crippen molar-refractivity contribution in [1.29, 1.82) is 0 Å². The molecule has 0 aromatic heterocycles. The van der Waals surface area contributed by atoms with E-state index in [2.05, 4.69) is 16.9 Å². The topological polar surface area (TPSA) is 59.6 Å². The first kappa shape index (κ1) is 17.8. The van der Waals surface area contributed by atoms with E-state index in [0.717, 1.165) is 11.1 Å². The predicted octanol–water partition coefficient (Wildman–Crippen LogP) is 3.55. The Balaban J connectivity index is 2.45. The van der Waals surface area contributed by atoms with Crippen LogP contribution >= 0.6 is 23.2 Å². The van der Waals surface area contributed by atoms with Crippen molar-refractivity contribution in [2.45, 2.75) is 19.9 Å². The number of halogens is 2. The van der Waals surface area contributed by atoms with E-state index >= 15 is 0 Å². The van der Waals surface area contributed by atoms with Crippen LogP contribution in [0.25, 0.3) is 0 Å². The first-order valence-electron chi connectivity index (χ1n) is 6.63. The van der Waals surface area contributed by atoms with Gasteiger partial charge in [0, 0.05) is 10.0 Å². The summed E-state index contributed by atoms with van der Waals surface area (Å²) in [7, 11) is 0. The summed E-state index contributed by atoms with van der Waals surface area (Å²) in [6.45, 7) is 9.16. The summed E-state index contributed by atoms with van der Waals surface area (Å²) in [6.07, 6.45) is 0. The van der Waals surface area contributed by atoms with Gasteiger partial charge in [-0.05, 0) is 31.5 Å². The molecule has 0 saturated carbocycles. The van der Waals surface area contributed by atoms with Crippen molar-refractivity contribution >= 4 is 29.2 Å². The molecule has 0 aliphatic carbocycles. The predicted molar refractivity (Wildman–Crippen MR) is 90.1 cm³/mol. The molecule has 4 nitrogen and oxygen atoms in total. The summed E-state index contributed by atoms with van der Waals surface area (Å²) in [5.74, 6) is 0.354. The average Bonchev–Trinajstić information content (AvgIpc) is 2.37. The zero-order valence-corrected chi connectivity index (χ0v) is 13.8. The number of rotatable bonds is 7. The molecule has 6 heteroatoms. The van der Waals surface area contributed by atoms with E-state index in [9.17, 15) is 0 Å². The highest BCUT2D eigenvalue weighted by Crippen LogP contribution is 2.25. The van der Waals surface area contributed by atoms with Gasteiger partial charge in [-0.2, -0.15) is 0 Å². The van der Waals surface area contributed by atoms with Crippen LogP contribution in [-0.2, 0) is 4.74 Å². The summed E-state index contributed by atoms with van der Waals surface area (Å²) in [6, 6.07) is 5.30. The summed E-state index contributed by atoms with van der Waals surface area (Å²) in [4.78, 5) is 4.19. The van der Waals surface area contributed by atoms with Gasteiger partial charge in [0.25, 0.3) is 0 Å². The van der Waals surface area contributed by atoms with Crippen LogP contribution in [0.4, 0.5) is 0 Å². The van der Waals surface area contributed by atoms with E-state index < -0.39 is 0 Å². The average molecular weight is 330 g/mol. The lowest BCUT2D eigenvalue weighted by molar-refractivity contribution is 0.164. The minimum absolute atomic E-state index is 0.0603. The van der Waals surface area contributed by atoms with E-state index in [-0.39, 0.29) is 6.04 Å². The van der Waals surface area contributed by atoms with E-state index in [4.69, 9.17) is 33.7 Å². The molecule has 1 aromatic rings. The molecule has 1 unspecified atom stereocenters. The summed E-state index contributed by atoms with van der Waals surface area (Å²) < 4.78 is 5.34. The van der Waals surface area contributed by atoms with Gasteiger partial charge in [-0.3, -0.25) is 4.99 Å². The number of benzene rings is 1. The van der Waals surface area contributed by atoms with Crippen molar-refractivity contribution in [2.75, 3.05) is 19.8 Å². The fourth-order valence-electron chi connectivity index (χ4n) is 1.67. The van der Waals surface area contributed by atoms with Crippen LogP contribution in [0.3, 0.4) is 0 Å². The number of nitrogens with one attached hydrogen (secondary N) is 1. The van der Waals surface area contributed by atoms with Crippen molar-refractivity contribution in [3.05, 3.63) is 46.0 Å². The maximum atomic E-state index is 6.15. The lowest BCUT2D eigenvalue weighted by atomic mass is 10.1. The minimum Gasteiger partial charge on any atom is -0.375 e. The quantitative estimate of drug-likeness (QED) is 0.348. The zero-order valence-electron chi connectivity index (χ0n) is 12.3. The van der Waals surface area contributed by atoms with Crippen LogP contribution < -0.4 is 11.1 Å². The van der Waals surface area contributed by atoms with Gasteiger partial charge in [0.1, 0.15) is 0 Å². The van der Waals surface area contributed by atoms with Crippen LogP contribution in [0.15, 0.2) is 35.3 Å².